The van der Waals surface area contributed by atoms with Crippen molar-refractivity contribution in [3.8, 4) is 0 Å². The molecule has 1 aliphatic heterocycles. The van der Waals surface area contributed by atoms with Crippen LogP contribution in [-0.2, 0) is 18.3 Å². The number of amides is 1. The van der Waals surface area contributed by atoms with Crippen LogP contribution in [0.2, 0.25) is 0 Å². The van der Waals surface area contributed by atoms with Gasteiger partial charge in [0.15, 0.2) is 0 Å². The summed E-state index contributed by atoms with van der Waals surface area (Å²) in [5.41, 5.74) is 1.97. The predicted octanol–water partition coefficient (Wildman–Crippen LogP) is 3.78. The van der Waals surface area contributed by atoms with Crippen molar-refractivity contribution in [1.82, 2.24) is 20.2 Å². The number of nitrogens with zero attached hydrogens (tertiary/aromatic N) is 4. The molecule has 0 radical (unpaired) electrons. The number of fused-ring (bicyclic) bond motifs is 1. The molecule has 1 unspecified atom stereocenters. The van der Waals surface area contributed by atoms with Crippen molar-refractivity contribution in [3.05, 3.63) is 52.5 Å². The van der Waals surface area contributed by atoms with Crippen molar-refractivity contribution in [2.75, 3.05) is 5.32 Å². The van der Waals surface area contributed by atoms with Crippen molar-refractivity contribution in [1.29, 1.82) is 0 Å². The van der Waals surface area contributed by atoms with Gasteiger partial charge in [-0.1, -0.05) is 34.1 Å². The van der Waals surface area contributed by atoms with Gasteiger partial charge < -0.3 is 5.32 Å². The molecule has 3 aromatic rings. The van der Waals surface area contributed by atoms with Crippen molar-refractivity contribution < 1.29 is 4.79 Å². The number of carbonyl (C=O) groups excluding carboxylic acids is 1. The van der Waals surface area contributed by atoms with E-state index in [0.29, 0.717) is 5.16 Å². The Bertz CT molecular complexity index is 952. The first-order chi connectivity index (χ1) is 12.6. The molecule has 1 amide bonds. The minimum Gasteiger partial charge on any atom is -0.324 e. The highest BCUT2D eigenvalue weighted by atomic mass is 79.9. The third-order valence-electron chi connectivity index (χ3n) is 3.92. The molecule has 9 heteroatoms. The number of anilines is 1. The number of halogens is 1. The van der Waals surface area contributed by atoms with Crippen molar-refractivity contribution in [2.45, 2.75) is 26.6 Å². The fraction of sp³-hybridized carbons (Fsp3) is 0.176. The Morgan fingerprint density at radius 3 is 2.96 bits per heavy atom. The summed E-state index contributed by atoms with van der Waals surface area (Å²) in [5, 5.41) is 15.1. The van der Waals surface area contributed by atoms with Crippen LogP contribution in [-0.4, -0.2) is 31.4 Å². The maximum Gasteiger partial charge on any atom is 0.238 e. The van der Waals surface area contributed by atoms with E-state index in [2.05, 4.69) is 48.9 Å². The summed E-state index contributed by atoms with van der Waals surface area (Å²) in [6.07, 6.45) is 0.746. The van der Waals surface area contributed by atoms with Crippen LogP contribution in [0, 0.1) is 0 Å². The summed E-state index contributed by atoms with van der Waals surface area (Å²) in [6, 6.07) is 13.9. The van der Waals surface area contributed by atoms with E-state index < -0.39 is 0 Å². The van der Waals surface area contributed by atoms with Gasteiger partial charge in [0.05, 0.1) is 10.9 Å². The number of aryl methyl sites for hydroxylation is 1. The molecule has 2 aromatic carbocycles. The number of tetrazole rings is 1. The molecule has 6 nitrogen and oxygen atoms in total. The second kappa shape index (κ2) is 7.42. The summed E-state index contributed by atoms with van der Waals surface area (Å²) in [6.45, 7) is 0. The number of nitrogens with one attached hydrogen (secondary N) is 1. The fourth-order valence-electron chi connectivity index (χ4n) is 2.64. The van der Waals surface area contributed by atoms with Crippen LogP contribution < -0.4 is 5.32 Å². The van der Waals surface area contributed by atoms with E-state index in [-0.39, 0.29) is 11.2 Å². The van der Waals surface area contributed by atoms with Crippen LogP contribution >= 0.6 is 39.5 Å². The molecule has 0 saturated carbocycles. The smallest absolute Gasteiger partial charge is 0.238 e. The van der Waals surface area contributed by atoms with E-state index in [1.807, 2.05) is 30.3 Å². The first kappa shape index (κ1) is 17.6. The normalized spacial score (nSPS) is 15.7. The van der Waals surface area contributed by atoms with E-state index in [1.165, 1.54) is 22.2 Å². The number of hydrogen-bond acceptors (Lipinski definition) is 6. The summed E-state index contributed by atoms with van der Waals surface area (Å²) in [5.74, 6) is 0.00207. The zero-order chi connectivity index (χ0) is 18.1. The van der Waals surface area contributed by atoms with Crippen molar-refractivity contribution in [2.24, 2.45) is 7.05 Å². The number of rotatable bonds is 4. The Morgan fingerprint density at radius 2 is 2.19 bits per heavy atom. The second-order valence-corrected chi connectivity index (χ2v) is 8.90. The van der Waals surface area contributed by atoms with E-state index in [0.717, 1.165) is 21.5 Å². The molecule has 0 saturated heterocycles. The number of aromatic nitrogens is 4. The predicted molar refractivity (Wildman–Crippen MR) is 105 cm³/mol. The number of benzene rings is 2. The zero-order valence-electron chi connectivity index (χ0n) is 13.7. The SMILES string of the molecule is Cn1nnnc1Sc1ccc(Br)cc1NC(=O)C1Cc2ccccc2S1. The lowest BCUT2D eigenvalue weighted by atomic mass is 10.1. The molecule has 4 rings (SSSR count). The summed E-state index contributed by atoms with van der Waals surface area (Å²) in [7, 11) is 1.78. The first-order valence-electron chi connectivity index (χ1n) is 7.85. The lowest BCUT2D eigenvalue weighted by Gasteiger charge is -2.13. The molecule has 0 fully saturated rings. The standard InChI is InChI=1S/C17H14BrN5OS2/c1-23-17(20-21-22-23)26-14-7-6-11(18)9-12(14)19-16(24)15-8-10-4-2-3-5-13(10)25-15/h2-7,9,15H,8H2,1H3,(H,19,24). The zero-order valence-corrected chi connectivity index (χ0v) is 16.9. The van der Waals surface area contributed by atoms with Crippen LogP contribution in [0.1, 0.15) is 5.56 Å². The summed E-state index contributed by atoms with van der Waals surface area (Å²) in [4.78, 5) is 14.9. The van der Waals surface area contributed by atoms with Gasteiger partial charge in [-0.25, -0.2) is 4.68 Å². The van der Waals surface area contributed by atoms with E-state index >= 15 is 0 Å². The first-order valence-corrected chi connectivity index (χ1v) is 10.3. The van der Waals surface area contributed by atoms with E-state index in [9.17, 15) is 4.79 Å². The molecule has 1 atom stereocenters. The number of thioether (sulfide) groups is 1. The van der Waals surface area contributed by atoms with Crippen molar-refractivity contribution in [3.63, 3.8) is 0 Å². The molecule has 0 bridgehead atoms. The van der Waals surface area contributed by atoms with Gasteiger partial charge in [-0.2, -0.15) is 0 Å². The van der Waals surface area contributed by atoms with E-state index in [1.54, 1.807) is 23.5 Å². The maximum absolute atomic E-state index is 12.8. The second-order valence-electron chi connectivity index (χ2n) is 5.74. The van der Waals surface area contributed by atoms with Crippen LogP contribution in [0.3, 0.4) is 0 Å². The van der Waals surface area contributed by atoms with Crippen LogP contribution in [0.5, 0.6) is 0 Å². The number of carbonyl (C=O) groups is 1. The maximum atomic E-state index is 12.8. The molecular weight excluding hydrogens is 434 g/mol. The lowest BCUT2D eigenvalue weighted by Crippen LogP contribution is -2.25. The Kier molecular flexibility index (Phi) is 5.01. The lowest BCUT2D eigenvalue weighted by molar-refractivity contribution is -0.115. The third-order valence-corrected chi connectivity index (χ3v) is 6.84. The average Bonchev–Trinajstić information content (AvgIpc) is 3.23. The third kappa shape index (κ3) is 3.65. The minimum atomic E-state index is -0.124. The van der Waals surface area contributed by atoms with Crippen LogP contribution in [0.15, 0.2) is 61.9 Å². The van der Waals surface area contributed by atoms with Gasteiger partial charge in [0, 0.05) is 21.3 Å². The Morgan fingerprint density at radius 1 is 1.35 bits per heavy atom. The molecule has 26 heavy (non-hydrogen) atoms. The monoisotopic (exact) mass is 447 g/mol. The van der Waals surface area contributed by atoms with Gasteiger partial charge in [0.25, 0.3) is 0 Å². The molecule has 1 N–H and O–H groups in total. The summed E-state index contributed by atoms with van der Waals surface area (Å²) < 4.78 is 2.50. The van der Waals surface area contributed by atoms with Crippen molar-refractivity contribution >= 4 is 51.0 Å². The Balaban J connectivity index is 1.53. The Hall–Kier alpha value is -1.84. The van der Waals surface area contributed by atoms with Gasteiger partial charge in [0.1, 0.15) is 0 Å². The molecule has 0 spiro atoms. The largest absolute Gasteiger partial charge is 0.324 e. The van der Waals surface area contributed by atoms with Gasteiger partial charge in [-0.05, 0) is 58.4 Å². The molecule has 0 aliphatic carbocycles. The Labute approximate surface area is 167 Å². The van der Waals surface area contributed by atoms with Gasteiger partial charge in [-0.15, -0.1) is 16.9 Å². The highest BCUT2D eigenvalue weighted by Gasteiger charge is 2.28. The van der Waals surface area contributed by atoms with Gasteiger partial charge in [0.2, 0.25) is 11.1 Å². The molecule has 1 aromatic heterocycles. The molecule has 1 aliphatic rings. The summed E-state index contributed by atoms with van der Waals surface area (Å²) >= 11 is 6.50. The van der Waals surface area contributed by atoms with E-state index in [4.69, 9.17) is 0 Å². The fourth-order valence-corrected chi connectivity index (χ4v) is 4.99. The van der Waals surface area contributed by atoms with Crippen LogP contribution in [0.4, 0.5) is 5.69 Å². The average molecular weight is 448 g/mol. The molecular formula is C17H14BrN5OS2. The van der Waals surface area contributed by atoms with Gasteiger partial charge in [-0.3, -0.25) is 4.79 Å². The molecule has 132 valence electrons. The van der Waals surface area contributed by atoms with Gasteiger partial charge >= 0.3 is 0 Å². The van der Waals surface area contributed by atoms with Crippen LogP contribution in [0.25, 0.3) is 0 Å². The highest BCUT2D eigenvalue weighted by molar-refractivity contribution is 9.10. The quantitative estimate of drug-likeness (QED) is 0.655. The topological polar surface area (TPSA) is 72.7 Å². The minimum absolute atomic E-state index is 0.00207. The molecule has 2 heterocycles. The highest BCUT2D eigenvalue weighted by Crippen LogP contribution is 2.38. The number of hydrogen-bond donors (Lipinski definition) is 1.